The van der Waals surface area contributed by atoms with Gasteiger partial charge in [-0.15, -0.1) is 13.2 Å². The number of imidazole rings is 1. The van der Waals surface area contributed by atoms with Gasteiger partial charge in [-0.1, -0.05) is 18.2 Å². The molecule has 1 aromatic heterocycles. The topological polar surface area (TPSA) is 67.6 Å². The van der Waals surface area contributed by atoms with Crippen molar-refractivity contribution in [3.8, 4) is 16.9 Å². The van der Waals surface area contributed by atoms with Gasteiger partial charge in [0.25, 0.3) is 0 Å². The molecule has 0 saturated carbocycles. The zero-order valence-corrected chi connectivity index (χ0v) is 16.0. The van der Waals surface area contributed by atoms with Crippen LogP contribution in [0.25, 0.3) is 22.2 Å². The van der Waals surface area contributed by atoms with Crippen LogP contribution in [0, 0.1) is 0 Å². The van der Waals surface area contributed by atoms with E-state index in [4.69, 9.17) is 0 Å². The van der Waals surface area contributed by atoms with Crippen LogP contribution in [0.5, 0.6) is 5.75 Å². The first kappa shape index (κ1) is 20.2. The highest BCUT2D eigenvalue weighted by atomic mass is 19.4. The number of carbonyl (C=O) groups excluding carboxylic acids is 1. The molecule has 1 amide bonds. The SMILES string of the molecule is O=C(Cn1cnc2cc(-c3ccc(OC(F)(F)F)cc3)ccc21)N1CCC(O)CC1. The Bertz CT molecular complexity index is 1040. The number of hydrogen-bond acceptors (Lipinski definition) is 4. The second-order valence-corrected chi connectivity index (χ2v) is 7.26. The quantitative estimate of drug-likeness (QED) is 0.702. The molecule has 9 heteroatoms. The van der Waals surface area contributed by atoms with E-state index < -0.39 is 6.36 Å². The van der Waals surface area contributed by atoms with Gasteiger partial charge >= 0.3 is 6.36 Å². The summed E-state index contributed by atoms with van der Waals surface area (Å²) in [5.74, 6) is -0.300. The summed E-state index contributed by atoms with van der Waals surface area (Å²) in [5, 5.41) is 9.58. The number of hydrogen-bond donors (Lipinski definition) is 1. The highest BCUT2D eigenvalue weighted by Crippen LogP contribution is 2.28. The number of amides is 1. The average molecular weight is 419 g/mol. The van der Waals surface area contributed by atoms with Gasteiger partial charge in [0.1, 0.15) is 12.3 Å². The van der Waals surface area contributed by atoms with Gasteiger partial charge in [0, 0.05) is 13.1 Å². The molecule has 30 heavy (non-hydrogen) atoms. The molecule has 4 rings (SSSR count). The zero-order chi connectivity index (χ0) is 21.3. The number of carbonyl (C=O) groups is 1. The molecule has 0 radical (unpaired) electrons. The van der Waals surface area contributed by atoms with Gasteiger partial charge in [-0.2, -0.15) is 0 Å². The fraction of sp³-hybridized carbons (Fsp3) is 0.333. The van der Waals surface area contributed by atoms with Crippen molar-refractivity contribution in [3.05, 3.63) is 48.8 Å². The van der Waals surface area contributed by atoms with Gasteiger partial charge in [0.2, 0.25) is 5.91 Å². The van der Waals surface area contributed by atoms with E-state index in [1.807, 2.05) is 18.2 Å². The highest BCUT2D eigenvalue weighted by Gasteiger charge is 2.31. The van der Waals surface area contributed by atoms with E-state index in [9.17, 15) is 23.1 Å². The summed E-state index contributed by atoms with van der Waals surface area (Å²) in [6.07, 6.45) is -2.28. The Balaban J connectivity index is 1.49. The lowest BCUT2D eigenvalue weighted by molar-refractivity contribution is -0.274. The lowest BCUT2D eigenvalue weighted by Gasteiger charge is -2.29. The molecule has 1 fully saturated rings. The first-order chi connectivity index (χ1) is 14.3. The number of fused-ring (bicyclic) bond motifs is 1. The molecule has 0 unspecified atom stereocenters. The van der Waals surface area contributed by atoms with Gasteiger partial charge in [-0.25, -0.2) is 4.98 Å². The van der Waals surface area contributed by atoms with Gasteiger partial charge in [-0.3, -0.25) is 4.79 Å². The van der Waals surface area contributed by atoms with Crippen molar-refractivity contribution in [3.63, 3.8) is 0 Å². The van der Waals surface area contributed by atoms with Crippen LogP contribution >= 0.6 is 0 Å². The molecule has 3 aromatic rings. The van der Waals surface area contributed by atoms with Crippen molar-refractivity contribution in [1.29, 1.82) is 0 Å². The monoisotopic (exact) mass is 419 g/mol. The summed E-state index contributed by atoms with van der Waals surface area (Å²) in [6, 6.07) is 11.1. The molecule has 1 saturated heterocycles. The molecule has 2 aromatic carbocycles. The Morgan fingerprint density at radius 2 is 1.77 bits per heavy atom. The summed E-state index contributed by atoms with van der Waals surface area (Å²) >= 11 is 0. The van der Waals surface area contributed by atoms with Crippen LogP contribution < -0.4 is 4.74 Å². The first-order valence-electron chi connectivity index (χ1n) is 9.55. The number of aromatic nitrogens is 2. The number of halogens is 3. The normalized spacial score (nSPS) is 15.5. The van der Waals surface area contributed by atoms with E-state index in [0.717, 1.165) is 16.6 Å². The van der Waals surface area contributed by atoms with Crippen LogP contribution in [0.3, 0.4) is 0 Å². The van der Waals surface area contributed by atoms with Crippen LogP contribution in [-0.2, 0) is 11.3 Å². The Hall–Kier alpha value is -3.07. The molecule has 6 nitrogen and oxygen atoms in total. The van der Waals surface area contributed by atoms with Crippen molar-refractivity contribution in [2.75, 3.05) is 13.1 Å². The molecule has 158 valence electrons. The second-order valence-electron chi connectivity index (χ2n) is 7.26. The van der Waals surface area contributed by atoms with E-state index in [-0.39, 0.29) is 24.3 Å². The highest BCUT2D eigenvalue weighted by molar-refractivity contribution is 5.84. The minimum Gasteiger partial charge on any atom is -0.406 e. The average Bonchev–Trinajstić information content (AvgIpc) is 3.10. The predicted molar refractivity (Wildman–Crippen MR) is 104 cm³/mol. The van der Waals surface area contributed by atoms with Crippen LogP contribution in [0.15, 0.2) is 48.8 Å². The number of likely N-dealkylation sites (tertiary alicyclic amines) is 1. The third-order valence-electron chi connectivity index (χ3n) is 5.17. The molecule has 1 aliphatic heterocycles. The number of ether oxygens (including phenoxy) is 1. The number of aliphatic hydroxyl groups excluding tert-OH is 1. The van der Waals surface area contributed by atoms with Crippen LogP contribution in [0.1, 0.15) is 12.8 Å². The standard InChI is InChI=1S/C21H20F3N3O3/c22-21(23,24)30-17-4-1-14(2-5-17)15-3-6-19-18(11-15)25-13-27(19)12-20(29)26-9-7-16(28)8-10-26/h1-6,11,13,16,28H,7-10,12H2. The lowest BCUT2D eigenvalue weighted by atomic mass is 10.1. The third kappa shape index (κ3) is 4.56. The molecule has 0 aliphatic carbocycles. The Morgan fingerprint density at radius 1 is 1.10 bits per heavy atom. The van der Waals surface area contributed by atoms with Gasteiger partial charge in [0.15, 0.2) is 0 Å². The Morgan fingerprint density at radius 3 is 2.43 bits per heavy atom. The van der Waals surface area contributed by atoms with Crippen molar-refractivity contribution < 1.29 is 27.8 Å². The summed E-state index contributed by atoms with van der Waals surface area (Å²) in [4.78, 5) is 18.6. The predicted octanol–water partition coefficient (Wildman–Crippen LogP) is 3.59. The van der Waals surface area contributed by atoms with Crippen molar-refractivity contribution >= 4 is 16.9 Å². The molecular formula is C21H20F3N3O3. The number of nitrogens with zero attached hydrogens (tertiary/aromatic N) is 3. The minimum atomic E-state index is -4.72. The van der Waals surface area contributed by atoms with Crippen LogP contribution in [-0.4, -0.2) is 51.0 Å². The van der Waals surface area contributed by atoms with Crippen molar-refractivity contribution in [2.45, 2.75) is 31.9 Å². The number of rotatable bonds is 4. The van der Waals surface area contributed by atoms with Gasteiger partial charge in [0.05, 0.1) is 23.5 Å². The maximum atomic E-state index is 12.5. The van der Waals surface area contributed by atoms with Crippen molar-refractivity contribution in [2.24, 2.45) is 0 Å². The zero-order valence-electron chi connectivity index (χ0n) is 16.0. The van der Waals surface area contributed by atoms with Crippen molar-refractivity contribution in [1.82, 2.24) is 14.5 Å². The van der Waals surface area contributed by atoms with E-state index >= 15 is 0 Å². The van der Waals surface area contributed by atoms with Crippen LogP contribution in [0.2, 0.25) is 0 Å². The maximum Gasteiger partial charge on any atom is 0.573 e. The fourth-order valence-electron chi connectivity index (χ4n) is 3.58. The van der Waals surface area contributed by atoms with Gasteiger partial charge in [-0.05, 0) is 48.2 Å². The van der Waals surface area contributed by atoms with Crippen LogP contribution in [0.4, 0.5) is 13.2 Å². The molecule has 1 aliphatic rings. The smallest absolute Gasteiger partial charge is 0.406 e. The maximum absolute atomic E-state index is 12.5. The Kier molecular flexibility index (Phi) is 5.38. The number of piperidine rings is 1. The van der Waals surface area contributed by atoms with E-state index in [2.05, 4.69) is 9.72 Å². The molecule has 0 bridgehead atoms. The molecule has 0 atom stereocenters. The van der Waals surface area contributed by atoms with E-state index in [1.54, 1.807) is 27.9 Å². The summed E-state index contributed by atoms with van der Waals surface area (Å²) < 4.78 is 42.6. The minimum absolute atomic E-state index is 0.0227. The fourth-order valence-corrected chi connectivity index (χ4v) is 3.58. The second kappa shape index (κ2) is 7.98. The lowest BCUT2D eigenvalue weighted by Crippen LogP contribution is -2.41. The molecular weight excluding hydrogens is 399 g/mol. The first-order valence-corrected chi connectivity index (χ1v) is 9.55. The summed E-state index contributed by atoms with van der Waals surface area (Å²) in [6.45, 7) is 1.26. The van der Waals surface area contributed by atoms with Gasteiger partial charge < -0.3 is 19.3 Å². The number of benzene rings is 2. The summed E-state index contributed by atoms with van der Waals surface area (Å²) in [7, 11) is 0. The third-order valence-corrected chi connectivity index (χ3v) is 5.17. The molecule has 0 spiro atoms. The largest absolute Gasteiger partial charge is 0.573 e. The van der Waals surface area contributed by atoms with E-state index in [1.165, 1.54) is 12.1 Å². The number of aliphatic hydroxyl groups is 1. The Labute approximate surface area is 170 Å². The number of alkyl halides is 3. The molecule has 1 N–H and O–H groups in total. The molecule has 2 heterocycles. The van der Waals surface area contributed by atoms with E-state index in [0.29, 0.717) is 31.4 Å². The summed E-state index contributed by atoms with van der Waals surface area (Å²) in [5.41, 5.74) is 3.00.